The van der Waals surface area contributed by atoms with Gasteiger partial charge in [-0.2, -0.15) is 23.7 Å². The Hall–Kier alpha value is -2.74. The summed E-state index contributed by atoms with van der Waals surface area (Å²) < 4.78 is 37.7. The molecule has 0 unspecified atom stereocenters. The van der Waals surface area contributed by atoms with Gasteiger partial charge in [0, 0.05) is 12.7 Å². The second-order valence-electron chi connectivity index (χ2n) is 4.10. The number of nitrogens with zero attached hydrogens (tertiary/aromatic N) is 3. The quantitative estimate of drug-likeness (QED) is 0.914. The van der Waals surface area contributed by atoms with Crippen molar-refractivity contribution in [1.82, 2.24) is 5.32 Å². The molecule has 110 valence electrons. The predicted molar refractivity (Wildman–Crippen MR) is 68.2 cm³/mol. The lowest BCUT2D eigenvalue weighted by molar-refractivity contribution is -0.124. The number of carbonyl (C=O) groups is 1. The van der Waals surface area contributed by atoms with Crippen molar-refractivity contribution in [2.24, 2.45) is 0 Å². The summed E-state index contributed by atoms with van der Waals surface area (Å²) in [6, 6.07) is 7.19. The molecule has 21 heavy (non-hydrogen) atoms. The highest BCUT2D eigenvalue weighted by Crippen LogP contribution is 2.24. The van der Waals surface area contributed by atoms with Crippen LogP contribution < -0.4 is 10.2 Å². The molecule has 1 aromatic rings. The Morgan fingerprint density at radius 3 is 2.38 bits per heavy atom. The second kappa shape index (κ2) is 6.62. The largest absolute Gasteiger partial charge is 0.405 e. The molecular formula is C13H11F3N4O. The number of nitrogens with one attached hydrogen (secondary N) is 1. The average molecular weight is 296 g/mol. The molecule has 0 saturated carbocycles. The molecule has 0 heterocycles. The number of halogens is 3. The van der Waals surface area contributed by atoms with E-state index in [0.717, 1.165) is 11.0 Å². The van der Waals surface area contributed by atoms with Gasteiger partial charge in [-0.1, -0.05) is 0 Å². The van der Waals surface area contributed by atoms with E-state index < -0.39 is 25.2 Å². The molecule has 1 aromatic carbocycles. The summed E-state index contributed by atoms with van der Waals surface area (Å²) in [7, 11) is 1.31. The third-order valence-corrected chi connectivity index (χ3v) is 2.59. The van der Waals surface area contributed by atoms with Crippen LogP contribution in [0.5, 0.6) is 0 Å². The number of carbonyl (C=O) groups excluding carboxylic acids is 1. The smallest absolute Gasteiger partial charge is 0.358 e. The Morgan fingerprint density at radius 2 is 1.90 bits per heavy atom. The Morgan fingerprint density at radius 1 is 1.29 bits per heavy atom. The maximum Gasteiger partial charge on any atom is 0.405 e. The molecule has 1 N–H and O–H groups in total. The summed E-state index contributed by atoms with van der Waals surface area (Å²) >= 11 is 0. The summed E-state index contributed by atoms with van der Waals surface area (Å²) in [6.07, 6.45) is -4.51. The number of anilines is 1. The molecule has 8 heteroatoms. The number of rotatable bonds is 4. The standard InChI is InChI=1S/C13H11F3N4O/c1-19-12(21)7-20(8-13(14,15)16)11-3-2-9(5-17)10(4-11)6-18/h2-4H,7-8H2,1H3,(H,19,21). The van der Waals surface area contributed by atoms with E-state index in [1.54, 1.807) is 12.1 Å². The van der Waals surface area contributed by atoms with Crippen molar-refractivity contribution in [3.63, 3.8) is 0 Å². The number of likely N-dealkylation sites (N-methyl/N-ethyl adjacent to an activating group) is 1. The van der Waals surface area contributed by atoms with E-state index in [9.17, 15) is 18.0 Å². The highest BCUT2D eigenvalue weighted by atomic mass is 19.4. The van der Waals surface area contributed by atoms with E-state index in [0.29, 0.717) is 0 Å². The van der Waals surface area contributed by atoms with E-state index >= 15 is 0 Å². The number of benzene rings is 1. The highest BCUT2D eigenvalue weighted by molar-refractivity contribution is 5.81. The van der Waals surface area contributed by atoms with Crippen LogP contribution in [0.3, 0.4) is 0 Å². The highest BCUT2D eigenvalue weighted by Gasteiger charge is 2.31. The van der Waals surface area contributed by atoms with Crippen LogP contribution in [0.25, 0.3) is 0 Å². The fourth-order valence-corrected chi connectivity index (χ4v) is 1.63. The van der Waals surface area contributed by atoms with Crippen LogP contribution in [-0.2, 0) is 4.79 Å². The molecule has 1 rings (SSSR count). The third kappa shape index (κ3) is 4.69. The molecule has 0 aromatic heterocycles. The van der Waals surface area contributed by atoms with Crippen molar-refractivity contribution in [3.05, 3.63) is 29.3 Å². The van der Waals surface area contributed by atoms with E-state index in [4.69, 9.17) is 10.5 Å². The van der Waals surface area contributed by atoms with E-state index in [-0.39, 0.29) is 16.8 Å². The maximum atomic E-state index is 12.6. The zero-order valence-corrected chi connectivity index (χ0v) is 11.0. The fourth-order valence-electron chi connectivity index (χ4n) is 1.63. The number of hydrogen-bond acceptors (Lipinski definition) is 4. The first-order valence-electron chi connectivity index (χ1n) is 5.77. The lowest BCUT2D eigenvalue weighted by Gasteiger charge is -2.25. The SMILES string of the molecule is CNC(=O)CN(CC(F)(F)F)c1ccc(C#N)c(C#N)c1. The van der Waals surface area contributed by atoms with Gasteiger partial charge in [0.05, 0.1) is 17.7 Å². The van der Waals surface area contributed by atoms with Crippen LogP contribution in [0, 0.1) is 22.7 Å². The molecule has 5 nitrogen and oxygen atoms in total. The van der Waals surface area contributed by atoms with Crippen LogP contribution in [0.1, 0.15) is 11.1 Å². The van der Waals surface area contributed by atoms with Gasteiger partial charge in [-0.15, -0.1) is 0 Å². The van der Waals surface area contributed by atoms with Gasteiger partial charge in [0.2, 0.25) is 5.91 Å². The van der Waals surface area contributed by atoms with Crippen molar-refractivity contribution in [1.29, 1.82) is 10.5 Å². The third-order valence-electron chi connectivity index (χ3n) is 2.59. The van der Waals surface area contributed by atoms with Crippen LogP contribution in [-0.4, -0.2) is 32.2 Å². The van der Waals surface area contributed by atoms with Gasteiger partial charge in [-0.3, -0.25) is 4.79 Å². The topological polar surface area (TPSA) is 79.9 Å². The molecule has 0 radical (unpaired) electrons. The molecule has 1 amide bonds. The Kier molecular flexibility index (Phi) is 5.14. The van der Waals surface area contributed by atoms with Crippen molar-refractivity contribution in [2.75, 3.05) is 25.0 Å². The van der Waals surface area contributed by atoms with Crippen LogP contribution >= 0.6 is 0 Å². The summed E-state index contributed by atoms with van der Waals surface area (Å²) in [4.78, 5) is 12.1. The van der Waals surface area contributed by atoms with Crippen LogP contribution in [0.15, 0.2) is 18.2 Å². The summed E-state index contributed by atoms with van der Waals surface area (Å²) in [5.41, 5.74) is 0.0682. The number of hydrogen-bond donors (Lipinski definition) is 1. The number of alkyl halides is 3. The zero-order chi connectivity index (χ0) is 16.0. The summed E-state index contributed by atoms with van der Waals surface area (Å²) in [5.74, 6) is -0.595. The lowest BCUT2D eigenvalue weighted by Crippen LogP contribution is -2.41. The molecule has 0 fully saturated rings. The molecule has 0 aliphatic heterocycles. The zero-order valence-electron chi connectivity index (χ0n) is 11.0. The van der Waals surface area contributed by atoms with E-state index in [2.05, 4.69) is 5.32 Å². The van der Waals surface area contributed by atoms with Crippen molar-refractivity contribution in [2.45, 2.75) is 6.18 Å². The normalized spacial score (nSPS) is 10.4. The van der Waals surface area contributed by atoms with Crippen LogP contribution in [0.2, 0.25) is 0 Å². The Labute approximate surface area is 119 Å². The predicted octanol–water partition coefficient (Wildman–Crippen LogP) is 1.54. The summed E-state index contributed by atoms with van der Waals surface area (Å²) in [5, 5.41) is 19.9. The van der Waals surface area contributed by atoms with Gasteiger partial charge < -0.3 is 10.2 Å². The second-order valence-corrected chi connectivity index (χ2v) is 4.10. The molecule has 0 bridgehead atoms. The fraction of sp³-hybridized carbons (Fsp3) is 0.308. The van der Waals surface area contributed by atoms with Gasteiger partial charge >= 0.3 is 6.18 Å². The van der Waals surface area contributed by atoms with Gasteiger partial charge in [-0.05, 0) is 18.2 Å². The van der Waals surface area contributed by atoms with Crippen LogP contribution in [0.4, 0.5) is 18.9 Å². The Bertz CT molecular complexity index is 613. The Balaban J connectivity index is 3.17. The van der Waals surface area contributed by atoms with Crippen molar-refractivity contribution in [3.8, 4) is 12.1 Å². The lowest BCUT2D eigenvalue weighted by atomic mass is 10.1. The maximum absolute atomic E-state index is 12.6. The number of amides is 1. The van der Waals surface area contributed by atoms with Gasteiger partial charge in [0.1, 0.15) is 18.7 Å². The van der Waals surface area contributed by atoms with Gasteiger partial charge in [0.25, 0.3) is 0 Å². The monoisotopic (exact) mass is 296 g/mol. The first-order valence-corrected chi connectivity index (χ1v) is 5.77. The van der Waals surface area contributed by atoms with Gasteiger partial charge in [-0.25, -0.2) is 0 Å². The molecular weight excluding hydrogens is 285 g/mol. The molecule has 0 atom stereocenters. The molecule has 0 aliphatic carbocycles. The van der Waals surface area contributed by atoms with Crippen molar-refractivity contribution >= 4 is 11.6 Å². The average Bonchev–Trinajstić information content (AvgIpc) is 2.44. The molecule has 0 spiro atoms. The minimum absolute atomic E-state index is 0.0425. The first-order chi connectivity index (χ1) is 9.80. The first kappa shape index (κ1) is 16.3. The number of nitriles is 2. The minimum atomic E-state index is -4.51. The van der Waals surface area contributed by atoms with E-state index in [1.807, 2.05) is 0 Å². The summed E-state index contributed by atoms with van der Waals surface area (Å²) in [6.45, 7) is -1.84. The van der Waals surface area contributed by atoms with Gasteiger partial charge in [0.15, 0.2) is 0 Å². The molecule has 0 saturated heterocycles. The minimum Gasteiger partial charge on any atom is -0.358 e. The van der Waals surface area contributed by atoms with E-state index in [1.165, 1.54) is 19.2 Å². The van der Waals surface area contributed by atoms with Crippen molar-refractivity contribution < 1.29 is 18.0 Å². The molecule has 0 aliphatic rings.